The summed E-state index contributed by atoms with van der Waals surface area (Å²) in [6.07, 6.45) is -1.71. The second kappa shape index (κ2) is 14.9. The third-order valence-electron chi connectivity index (χ3n) is 8.55. The van der Waals surface area contributed by atoms with Crippen molar-refractivity contribution in [3.05, 3.63) is 75.8 Å². The van der Waals surface area contributed by atoms with Crippen LogP contribution in [0.3, 0.4) is 0 Å². The van der Waals surface area contributed by atoms with Crippen molar-refractivity contribution in [2.75, 3.05) is 69.7 Å². The van der Waals surface area contributed by atoms with Crippen molar-refractivity contribution in [3.8, 4) is 5.75 Å². The molecule has 6 rings (SSSR count). The maximum atomic E-state index is 14.0. The molecule has 13 nitrogen and oxygen atoms in total. The highest BCUT2D eigenvalue weighted by atomic mass is 35.5. The molecule has 1 aromatic heterocycles. The highest BCUT2D eigenvalue weighted by molar-refractivity contribution is 6.33. The van der Waals surface area contributed by atoms with Gasteiger partial charge in [-0.25, -0.2) is 0 Å². The molecule has 266 valence electrons. The first-order chi connectivity index (χ1) is 24.0. The minimum atomic E-state index is -4.58. The molecule has 0 unspecified atom stereocenters. The molecule has 0 saturated carbocycles. The van der Waals surface area contributed by atoms with Crippen LogP contribution in [-0.4, -0.2) is 102 Å². The Bertz CT molecular complexity index is 1810. The summed E-state index contributed by atoms with van der Waals surface area (Å²) in [6, 6.07) is 8.00. The molecular formula is C33H36ClF3N8O5. The van der Waals surface area contributed by atoms with Gasteiger partial charge in [-0.3, -0.25) is 19.5 Å². The number of amides is 2. The van der Waals surface area contributed by atoms with Crippen LogP contribution in [0, 0.1) is 0 Å². The number of rotatable bonds is 9. The Balaban J connectivity index is 1.19. The van der Waals surface area contributed by atoms with E-state index < -0.39 is 23.6 Å². The molecule has 3 aliphatic rings. The molecule has 0 bridgehead atoms. The third-order valence-corrected chi connectivity index (χ3v) is 8.86. The van der Waals surface area contributed by atoms with Crippen LogP contribution in [0.1, 0.15) is 46.3 Å². The molecule has 3 aromatic rings. The molecule has 50 heavy (non-hydrogen) atoms. The standard InChI is InChI=1S/C33H36ClF3N8O5/c1-2-24(39-19-27(46)40-25-7-6-21(18-23(25)34)33(35,36)37)29(32(48)45-41-30(42-45)20-8-15-49-16-9-20)43-11-13-44(14-12-43)31(47)22-4-3-5-26-28(22)38-10-17-50-26/h3-8,18,38-39H,2,9-17,19H2,1H3,(H,40,46)(H,41,42)/b29-24+. The van der Waals surface area contributed by atoms with Crippen LogP contribution in [0.4, 0.5) is 24.5 Å². The van der Waals surface area contributed by atoms with Crippen molar-refractivity contribution < 1.29 is 37.0 Å². The average molecular weight is 717 g/mol. The van der Waals surface area contributed by atoms with Crippen molar-refractivity contribution in [2.24, 2.45) is 0 Å². The van der Waals surface area contributed by atoms with Crippen molar-refractivity contribution >= 4 is 46.3 Å². The summed E-state index contributed by atoms with van der Waals surface area (Å²) < 4.78 is 50.3. The molecule has 17 heteroatoms. The molecule has 0 spiro atoms. The number of fused-ring (bicyclic) bond motifs is 1. The van der Waals surface area contributed by atoms with Crippen LogP contribution < -0.4 is 20.7 Å². The quantitative estimate of drug-likeness (QED) is 0.236. The Morgan fingerprint density at radius 2 is 1.82 bits per heavy atom. The van der Waals surface area contributed by atoms with Gasteiger partial charge in [0.25, 0.3) is 5.91 Å². The number of H-pyrrole nitrogens is 1. The largest absolute Gasteiger partial charge is 0.490 e. The summed E-state index contributed by atoms with van der Waals surface area (Å²) in [5.74, 6) is -0.0165. The fraction of sp³-hybridized carbons (Fsp3) is 0.394. The van der Waals surface area contributed by atoms with Gasteiger partial charge in [0.2, 0.25) is 5.91 Å². The maximum absolute atomic E-state index is 14.0. The van der Waals surface area contributed by atoms with Gasteiger partial charge in [0, 0.05) is 38.4 Å². The molecule has 4 heterocycles. The molecule has 1 fully saturated rings. The number of carbonyl (C=O) groups is 3. The van der Waals surface area contributed by atoms with Crippen LogP contribution in [0.25, 0.3) is 5.57 Å². The number of aromatic nitrogens is 3. The van der Waals surface area contributed by atoms with E-state index in [9.17, 15) is 27.6 Å². The number of allylic oxidation sites excluding steroid dienone is 2. The summed E-state index contributed by atoms with van der Waals surface area (Å²) in [4.78, 5) is 45.2. The first-order valence-electron chi connectivity index (χ1n) is 16.2. The molecule has 0 atom stereocenters. The van der Waals surface area contributed by atoms with Gasteiger partial charge >= 0.3 is 12.1 Å². The highest BCUT2D eigenvalue weighted by Crippen LogP contribution is 2.34. The van der Waals surface area contributed by atoms with Crippen LogP contribution in [0.2, 0.25) is 5.02 Å². The van der Waals surface area contributed by atoms with E-state index in [-0.39, 0.29) is 28.9 Å². The predicted molar refractivity (Wildman–Crippen MR) is 179 cm³/mol. The highest BCUT2D eigenvalue weighted by Gasteiger charge is 2.33. The normalized spacial score (nSPS) is 16.8. The van der Waals surface area contributed by atoms with Crippen molar-refractivity contribution in [3.63, 3.8) is 0 Å². The zero-order valence-electron chi connectivity index (χ0n) is 27.2. The van der Waals surface area contributed by atoms with E-state index >= 15 is 0 Å². The van der Waals surface area contributed by atoms with Crippen molar-refractivity contribution in [1.29, 1.82) is 0 Å². The first kappa shape index (κ1) is 34.9. The Morgan fingerprint density at radius 3 is 2.50 bits per heavy atom. The van der Waals surface area contributed by atoms with Gasteiger partial charge in [0.05, 0.1) is 47.3 Å². The molecule has 2 amide bonds. The van der Waals surface area contributed by atoms with Crippen LogP contribution in [0.15, 0.2) is 53.9 Å². The van der Waals surface area contributed by atoms with E-state index in [1.807, 2.05) is 24.0 Å². The number of para-hydroxylation sites is 1. The van der Waals surface area contributed by atoms with Gasteiger partial charge in [0.1, 0.15) is 18.1 Å². The lowest BCUT2D eigenvalue weighted by Gasteiger charge is -2.38. The maximum Gasteiger partial charge on any atom is 0.416 e. The number of hydrogen-bond donors (Lipinski definition) is 4. The van der Waals surface area contributed by atoms with Crippen LogP contribution >= 0.6 is 11.6 Å². The second-order valence-electron chi connectivity index (χ2n) is 11.7. The lowest BCUT2D eigenvalue weighted by Crippen LogP contribution is -2.51. The van der Waals surface area contributed by atoms with E-state index in [0.29, 0.717) is 93.9 Å². The number of halogens is 4. The zero-order chi connectivity index (χ0) is 35.4. The minimum absolute atomic E-state index is 0.0149. The SMILES string of the molecule is CC/C(NCC(=O)Nc1ccc(C(F)(F)F)cc1Cl)=C(/C(=O)n1nc(C2=CCOCC2)[nH]1)N1CCN(C(=O)c2cccc3c2NCCO3)CC1. The van der Waals surface area contributed by atoms with Gasteiger partial charge in [-0.1, -0.05) is 30.7 Å². The molecule has 4 N–H and O–H groups in total. The van der Waals surface area contributed by atoms with E-state index in [4.69, 9.17) is 21.1 Å². The van der Waals surface area contributed by atoms with Crippen LogP contribution in [0.5, 0.6) is 5.75 Å². The van der Waals surface area contributed by atoms with E-state index in [1.54, 1.807) is 17.0 Å². The molecule has 0 aliphatic carbocycles. The Labute approximate surface area is 290 Å². The predicted octanol–water partition coefficient (Wildman–Crippen LogP) is 4.44. The van der Waals surface area contributed by atoms with Gasteiger partial charge in [-0.2, -0.15) is 13.2 Å². The molecule has 1 saturated heterocycles. The molecule has 0 radical (unpaired) electrons. The van der Waals surface area contributed by atoms with E-state index in [2.05, 4.69) is 26.1 Å². The Hall–Kier alpha value is -4.96. The fourth-order valence-electron chi connectivity index (χ4n) is 5.94. The topological polar surface area (TPSA) is 146 Å². The molecule has 2 aromatic carbocycles. The van der Waals surface area contributed by atoms with Gasteiger partial charge in [-0.15, -0.1) is 9.90 Å². The summed E-state index contributed by atoms with van der Waals surface area (Å²) in [6.45, 7) is 4.88. The van der Waals surface area contributed by atoms with Gasteiger partial charge in [-0.05, 0) is 48.7 Å². The fourth-order valence-corrected chi connectivity index (χ4v) is 6.16. The van der Waals surface area contributed by atoms with E-state index in [1.165, 1.54) is 0 Å². The summed E-state index contributed by atoms with van der Waals surface area (Å²) >= 11 is 6.03. The number of carbonyl (C=O) groups excluding carboxylic acids is 3. The second-order valence-corrected chi connectivity index (χ2v) is 12.1. The number of nitrogens with one attached hydrogen (secondary N) is 4. The Kier molecular flexibility index (Phi) is 10.4. The lowest BCUT2D eigenvalue weighted by atomic mass is 10.1. The van der Waals surface area contributed by atoms with Crippen molar-refractivity contribution in [2.45, 2.75) is 25.9 Å². The number of alkyl halides is 3. The average Bonchev–Trinajstić information content (AvgIpc) is 3.10. The zero-order valence-corrected chi connectivity index (χ0v) is 27.9. The number of anilines is 2. The molecule has 3 aliphatic heterocycles. The van der Waals surface area contributed by atoms with Gasteiger partial charge < -0.3 is 35.2 Å². The smallest absolute Gasteiger partial charge is 0.416 e. The van der Waals surface area contributed by atoms with E-state index in [0.717, 1.165) is 28.6 Å². The van der Waals surface area contributed by atoms with Crippen LogP contribution in [-0.2, 0) is 15.7 Å². The minimum Gasteiger partial charge on any atom is -0.490 e. The van der Waals surface area contributed by atoms with Crippen molar-refractivity contribution in [1.82, 2.24) is 30.1 Å². The number of ether oxygens (including phenoxy) is 2. The summed E-state index contributed by atoms with van der Waals surface area (Å²) in [7, 11) is 0. The lowest BCUT2D eigenvalue weighted by molar-refractivity contribution is -0.137. The number of aromatic amines is 1. The molecular weight excluding hydrogens is 681 g/mol. The number of piperazine rings is 1. The summed E-state index contributed by atoms with van der Waals surface area (Å²) in [5.41, 5.74) is 1.89. The summed E-state index contributed by atoms with van der Waals surface area (Å²) in [5, 5.41) is 16.0. The first-order valence-corrected chi connectivity index (χ1v) is 16.6. The van der Waals surface area contributed by atoms with Gasteiger partial charge in [0.15, 0.2) is 5.82 Å². The number of hydrogen-bond acceptors (Lipinski definition) is 9. The Morgan fingerprint density at radius 1 is 1.06 bits per heavy atom. The monoisotopic (exact) mass is 716 g/mol. The number of nitrogens with zero attached hydrogens (tertiary/aromatic N) is 4. The third kappa shape index (κ3) is 7.60. The number of benzene rings is 2.